The van der Waals surface area contributed by atoms with Crippen molar-refractivity contribution in [1.82, 2.24) is 0 Å². The van der Waals surface area contributed by atoms with Gasteiger partial charge in [0.2, 0.25) is 0 Å². The largest absolute Gasteiger partial charge is 0.480 e. The highest BCUT2D eigenvalue weighted by molar-refractivity contribution is 5.76. The van der Waals surface area contributed by atoms with E-state index in [9.17, 15) is 4.79 Å². The first-order chi connectivity index (χ1) is 7.16. The summed E-state index contributed by atoms with van der Waals surface area (Å²) in [7, 11) is 0. The maximum Gasteiger partial charge on any atom is 0.325 e. The van der Waals surface area contributed by atoms with Crippen molar-refractivity contribution in [2.24, 2.45) is 0 Å². The number of carbonyl (C=O) groups is 1. The molecule has 0 saturated heterocycles. The van der Waals surface area contributed by atoms with Gasteiger partial charge in [0.1, 0.15) is 6.04 Å². The van der Waals surface area contributed by atoms with E-state index in [2.05, 4.69) is 17.4 Å². The zero-order chi connectivity index (χ0) is 10.8. The topological polar surface area (TPSA) is 49.3 Å². The van der Waals surface area contributed by atoms with Gasteiger partial charge in [0, 0.05) is 5.69 Å². The highest BCUT2D eigenvalue weighted by Crippen LogP contribution is 2.25. The summed E-state index contributed by atoms with van der Waals surface area (Å²) in [5.41, 5.74) is 3.67. The second kappa shape index (κ2) is 3.93. The molecule has 80 valence electrons. The van der Waals surface area contributed by atoms with Crippen molar-refractivity contribution < 1.29 is 9.90 Å². The first kappa shape index (κ1) is 10.0. The summed E-state index contributed by atoms with van der Waals surface area (Å²) in [4.78, 5) is 10.7. The van der Waals surface area contributed by atoms with Crippen LogP contribution in [-0.2, 0) is 17.6 Å². The standard InChI is InChI=1S/C12H15NO2/c1-8(12(14)15)13-11-6-5-9-3-2-4-10(9)7-11/h5-8,13H,2-4H2,1H3,(H,14,15). The third kappa shape index (κ3) is 2.12. The number of fused-ring (bicyclic) bond motifs is 1. The molecule has 0 saturated carbocycles. The molecule has 1 aliphatic carbocycles. The number of carboxylic acid groups (broad SMARTS) is 1. The molecule has 0 aliphatic heterocycles. The molecule has 0 bridgehead atoms. The molecule has 1 aliphatic rings. The molecule has 0 spiro atoms. The van der Waals surface area contributed by atoms with Crippen LogP contribution in [0.25, 0.3) is 0 Å². The van der Waals surface area contributed by atoms with Crippen molar-refractivity contribution in [1.29, 1.82) is 0 Å². The lowest BCUT2D eigenvalue weighted by atomic mass is 10.1. The molecule has 0 heterocycles. The van der Waals surface area contributed by atoms with E-state index in [1.807, 2.05) is 6.07 Å². The van der Waals surface area contributed by atoms with Crippen LogP contribution in [0.15, 0.2) is 18.2 Å². The van der Waals surface area contributed by atoms with Gasteiger partial charge in [-0.15, -0.1) is 0 Å². The number of aryl methyl sites for hydroxylation is 2. The number of rotatable bonds is 3. The normalized spacial score (nSPS) is 15.8. The predicted molar refractivity (Wildman–Crippen MR) is 59.2 cm³/mol. The summed E-state index contributed by atoms with van der Waals surface area (Å²) in [6.45, 7) is 1.65. The van der Waals surface area contributed by atoms with Crippen molar-refractivity contribution in [3.05, 3.63) is 29.3 Å². The maximum atomic E-state index is 10.7. The lowest BCUT2D eigenvalue weighted by Crippen LogP contribution is -2.25. The fraction of sp³-hybridized carbons (Fsp3) is 0.417. The molecule has 2 N–H and O–H groups in total. The minimum Gasteiger partial charge on any atom is -0.480 e. The Kier molecular flexibility index (Phi) is 2.62. The van der Waals surface area contributed by atoms with Gasteiger partial charge in [0.25, 0.3) is 0 Å². The number of anilines is 1. The van der Waals surface area contributed by atoms with E-state index >= 15 is 0 Å². The third-order valence-electron chi connectivity index (χ3n) is 2.85. The van der Waals surface area contributed by atoms with E-state index in [0.717, 1.165) is 18.5 Å². The van der Waals surface area contributed by atoms with Crippen LogP contribution in [0, 0.1) is 0 Å². The smallest absolute Gasteiger partial charge is 0.325 e. The summed E-state index contributed by atoms with van der Waals surface area (Å²) in [6, 6.07) is 5.59. The fourth-order valence-electron chi connectivity index (χ4n) is 1.97. The molecule has 0 radical (unpaired) electrons. The molecule has 0 fully saturated rings. The molecule has 3 heteroatoms. The first-order valence-corrected chi connectivity index (χ1v) is 5.28. The number of carboxylic acids is 1. The van der Waals surface area contributed by atoms with E-state index < -0.39 is 12.0 Å². The van der Waals surface area contributed by atoms with Gasteiger partial charge in [-0.3, -0.25) is 4.79 Å². The third-order valence-corrected chi connectivity index (χ3v) is 2.85. The van der Waals surface area contributed by atoms with Crippen LogP contribution >= 0.6 is 0 Å². The molecule has 15 heavy (non-hydrogen) atoms. The van der Waals surface area contributed by atoms with Gasteiger partial charge in [0.05, 0.1) is 0 Å². The Morgan fingerprint density at radius 3 is 2.87 bits per heavy atom. The van der Waals surface area contributed by atoms with Crippen molar-refractivity contribution in [2.45, 2.75) is 32.2 Å². The monoisotopic (exact) mass is 205 g/mol. The van der Waals surface area contributed by atoms with Crippen LogP contribution in [0.1, 0.15) is 24.5 Å². The SMILES string of the molecule is CC(Nc1ccc2c(c1)CCC2)C(=O)O. The first-order valence-electron chi connectivity index (χ1n) is 5.28. The van der Waals surface area contributed by atoms with Gasteiger partial charge in [-0.25, -0.2) is 0 Å². The average molecular weight is 205 g/mol. The van der Waals surface area contributed by atoms with E-state index in [-0.39, 0.29) is 0 Å². The van der Waals surface area contributed by atoms with Gasteiger partial charge < -0.3 is 10.4 Å². The number of hydrogen-bond acceptors (Lipinski definition) is 2. The molecule has 1 unspecified atom stereocenters. The van der Waals surface area contributed by atoms with Crippen LogP contribution in [0.3, 0.4) is 0 Å². The Bertz CT molecular complexity index is 387. The number of benzene rings is 1. The Hall–Kier alpha value is -1.51. The van der Waals surface area contributed by atoms with Gasteiger partial charge >= 0.3 is 5.97 Å². The minimum atomic E-state index is -0.824. The van der Waals surface area contributed by atoms with Crippen molar-refractivity contribution in [3.63, 3.8) is 0 Å². The van der Waals surface area contributed by atoms with Crippen LogP contribution < -0.4 is 5.32 Å². The lowest BCUT2D eigenvalue weighted by molar-refractivity contribution is -0.137. The Morgan fingerprint density at radius 2 is 2.13 bits per heavy atom. The van der Waals surface area contributed by atoms with Crippen LogP contribution in [0.4, 0.5) is 5.69 Å². The predicted octanol–water partition coefficient (Wildman–Crippen LogP) is 2.06. The van der Waals surface area contributed by atoms with E-state index in [4.69, 9.17) is 5.11 Å². The molecule has 1 aromatic carbocycles. The quantitative estimate of drug-likeness (QED) is 0.794. The van der Waals surface area contributed by atoms with E-state index in [0.29, 0.717) is 0 Å². The van der Waals surface area contributed by atoms with Gasteiger partial charge in [-0.05, 0) is 49.4 Å². The Morgan fingerprint density at radius 1 is 1.40 bits per heavy atom. The second-order valence-electron chi connectivity index (χ2n) is 4.04. The Labute approximate surface area is 89.1 Å². The van der Waals surface area contributed by atoms with Crippen LogP contribution in [0.2, 0.25) is 0 Å². The summed E-state index contributed by atoms with van der Waals surface area (Å²) in [6.07, 6.45) is 3.49. The molecule has 3 nitrogen and oxygen atoms in total. The summed E-state index contributed by atoms with van der Waals surface area (Å²) >= 11 is 0. The lowest BCUT2D eigenvalue weighted by Gasteiger charge is -2.11. The highest BCUT2D eigenvalue weighted by atomic mass is 16.4. The molecule has 0 amide bonds. The number of nitrogens with one attached hydrogen (secondary N) is 1. The van der Waals surface area contributed by atoms with Gasteiger partial charge in [-0.1, -0.05) is 6.07 Å². The molecular formula is C12H15NO2. The van der Waals surface area contributed by atoms with Crippen LogP contribution in [0.5, 0.6) is 0 Å². The molecule has 1 atom stereocenters. The molecule has 0 aromatic heterocycles. The zero-order valence-electron chi connectivity index (χ0n) is 8.79. The van der Waals surface area contributed by atoms with Gasteiger partial charge in [0.15, 0.2) is 0 Å². The van der Waals surface area contributed by atoms with E-state index in [1.54, 1.807) is 6.92 Å². The van der Waals surface area contributed by atoms with Crippen molar-refractivity contribution in [2.75, 3.05) is 5.32 Å². The minimum absolute atomic E-state index is 0.538. The fourth-order valence-corrected chi connectivity index (χ4v) is 1.97. The summed E-state index contributed by atoms with van der Waals surface area (Å²) in [5.74, 6) is -0.824. The maximum absolute atomic E-state index is 10.7. The Balaban J connectivity index is 2.13. The molecule has 1 aromatic rings. The van der Waals surface area contributed by atoms with E-state index in [1.165, 1.54) is 17.5 Å². The summed E-state index contributed by atoms with van der Waals surface area (Å²) < 4.78 is 0. The van der Waals surface area contributed by atoms with Crippen molar-refractivity contribution >= 4 is 11.7 Å². The van der Waals surface area contributed by atoms with Crippen LogP contribution in [-0.4, -0.2) is 17.1 Å². The van der Waals surface area contributed by atoms with Gasteiger partial charge in [-0.2, -0.15) is 0 Å². The zero-order valence-corrected chi connectivity index (χ0v) is 8.79. The molecular weight excluding hydrogens is 190 g/mol. The summed E-state index contributed by atoms with van der Waals surface area (Å²) in [5, 5.41) is 11.7. The highest BCUT2D eigenvalue weighted by Gasteiger charge is 2.13. The number of aliphatic carboxylic acids is 1. The number of hydrogen-bond donors (Lipinski definition) is 2. The van der Waals surface area contributed by atoms with Crippen molar-refractivity contribution in [3.8, 4) is 0 Å². The second-order valence-corrected chi connectivity index (χ2v) is 4.04. The average Bonchev–Trinajstić information content (AvgIpc) is 2.64. The molecule has 2 rings (SSSR count).